The first-order valence-electron chi connectivity index (χ1n) is 6.88. The summed E-state index contributed by atoms with van der Waals surface area (Å²) in [5, 5.41) is 13.8. The van der Waals surface area contributed by atoms with Gasteiger partial charge in [-0.25, -0.2) is 0 Å². The van der Waals surface area contributed by atoms with Gasteiger partial charge in [0, 0.05) is 43.9 Å². The Morgan fingerprint density at radius 1 is 1.29 bits per heavy atom. The fraction of sp³-hybridized carbons (Fsp3) is 0.462. The molecule has 1 saturated heterocycles. The predicted molar refractivity (Wildman–Crippen MR) is 79.8 cm³/mol. The number of carbonyl (C=O) groups excluding carboxylic acids is 1. The number of nitrogens with two attached hydrogens (primary N) is 1. The molecule has 4 N–H and O–H groups in total. The van der Waals surface area contributed by atoms with Crippen LogP contribution in [0.25, 0.3) is 0 Å². The molecule has 0 saturated carbocycles. The molecule has 0 bridgehead atoms. The molecule has 1 fully saturated rings. The van der Waals surface area contributed by atoms with Gasteiger partial charge in [0.05, 0.1) is 10.6 Å². The van der Waals surface area contributed by atoms with E-state index in [0.717, 1.165) is 25.9 Å². The number of nitrogen functional groups attached to an aromatic ring is 1. The Hall–Kier alpha value is -2.35. The third kappa shape index (κ3) is 4.06. The predicted octanol–water partition coefficient (Wildman–Crippen LogP) is 1.30. The number of carbonyl (C=O) groups is 1. The number of amides is 1. The minimum Gasteiger partial charge on any atom is -0.384 e. The molecule has 21 heavy (non-hydrogen) atoms. The van der Waals surface area contributed by atoms with Gasteiger partial charge in [-0.3, -0.25) is 20.8 Å². The van der Waals surface area contributed by atoms with E-state index in [4.69, 9.17) is 5.84 Å². The zero-order valence-electron chi connectivity index (χ0n) is 11.7. The fourth-order valence-corrected chi connectivity index (χ4v) is 2.34. The lowest BCUT2D eigenvalue weighted by Gasteiger charge is -2.15. The van der Waals surface area contributed by atoms with Gasteiger partial charge in [-0.1, -0.05) is 0 Å². The normalized spacial score (nSPS) is 14.0. The maximum Gasteiger partial charge on any atom is 0.273 e. The van der Waals surface area contributed by atoms with E-state index in [1.807, 2.05) is 4.90 Å². The lowest BCUT2D eigenvalue weighted by atomic mass is 10.2. The van der Waals surface area contributed by atoms with Crippen molar-refractivity contribution in [3.63, 3.8) is 0 Å². The number of hydrazine groups is 1. The van der Waals surface area contributed by atoms with E-state index < -0.39 is 4.92 Å². The van der Waals surface area contributed by atoms with Crippen molar-refractivity contribution in [3.8, 4) is 0 Å². The summed E-state index contributed by atoms with van der Waals surface area (Å²) in [6, 6.07) is 4.43. The summed E-state index contributed by atoms with van der Waals surface area (Å²) >= 11 is 0. The van der Waals surface area contributed by atoms with Gasteiger partial charge in [-0.05, 0) is 18.9 Å². The Balaban J connectivity index is 1.91. The largest absolute Gasteiger partial charge is 0.384 e. The number of nitro groups is 1. The van der Waals surface area contributed by atoms with E-state index in [9.17, 15) is 14.9 Å². The molecular weight excluding hydrogens is 274 g/mol. The van der Waals surface area contributed by atoms with Crippen molar-refractivity contribution in [1.82, 2.24) is 4.90 Å². The summed E-state index contributed by atoms with van der Waals surface area (Å²) in [5.41, 5.74) is 3.33. The number of hydrogen-bond donors (Lipinski definition) is 3. The van der Waals surface area contributed by atoms with E-state index in [1.54, 1.807) is 6.07 Å². The summed E-state index contributed by atoms with van der Waals surface area (Å²) in [5.74, 6) is 5.40. The van der Waals surface area contributed by atoms with Crippen molar-refractivity contribution in [2.75, 3.05) is 30.4 Å². The van der Waals surface area contributed by atoms with Crippen LogP contribution in [0.3, 0.4) is 0 Å². The monoisotopic (exact) mass is 293 g/mol. The number of anilines is 2. The van der Waals surface area contributed by atoms with Crippen LogP contribution in [0.4, 0.5) is 17.1 Å². The number of nitro benzene ring substituents is 1. The molecule has 2 rings (SSSR count). The first-order valence-corrected chi connectivity index (χ1v) is 6.88. The first kappa shape index (κ1) is 15.0. The van der Waals surface area contributed by atoms with Crippen LogP contribution in [0.1, 0.15) is 19.3 Å². The van der Waals surface area contributed by atoms with Gasteiger partial charge in [0.25, 0.3) is 5.69 Å². The van der Waals surface area contributed by atoms with Crippen LogP contribution >= 0.6 is 0 Å². The van der Waals surface area contributed by atoms with Crippen molar-refractivity contribution in [1.29, 1.82) is 0 Å². The zero-order chi connectivity index (χ0) is 15.2. The van der Waals surface area contributed by atoms with E-state index >= 15 is 0 Å². The van der Waals surface area contributed by atoms with Gasteiger partial charge in [0.15, 0.2) is 0 Å². The third-order valence-corrected chi connectivity index (χ3v) is 3.42. The van der Waals surface area contributed by atoms with Crippen molar-refractivity contribution in [3.05, 3.63) is 28.3 Å². The summed E-state index contributed by atoms with van der Waals surface area (Å²) < 4.78 is 0. The highest BCUT2D eigenvalue weighted by Crippen LogP contribution is 2.23. The topological polar surface area (TPSA) is 114 Å². The van der Waals surface area contributed by atoms with Crippen molar-refractivity contribution < 1.29 is 9.72 Å². The second-order valence-corrected chi connectivity index (χ2v) is 4.93. The van der Waals surface area contributed by atoms with Crippen molar-refractivity contribution in [2.45, 2.75) is 19.3 Å². The highest BCUT2D eigenvalue weighted by molar-refractivity contribution is 5.77. The van der Waals surface area contributed by atoms with Gasteiger partial charge in [0.1, 0.15) is 0 Å². The number of benzene rings is 1. The molecule has 1 aromatic rings. The van der Waals surface area contributed by atoms with Gasteiger partial charge in [-0.2, -0.15) is 0 Å². The number of nitrogens with one attached hydrogen (secondary N) is 2. The highest BCUT2D eigenvalue weighted by atomic mass is 16.6. The molecular formula is C13H19N5O3. The number of hydrogen-bond acceptors (Lipinski definition) is 6. The first-order chi connectivity index (χ1) is 10.1. The number of likely N-dealkylation sites (tertiary alicyclic amines) is 1. The molecule has 0 aromatic heterocycles. The van der Waals surface area contributed by atoms with Gasteiger partial charge in [0.2, 0.25) is 5.91 Å². The average Bonchev–Trinajstić information content (AvgIpc) is 3.01. The number of nitrogens with zero attached hydrogens (tertiary/aromatic N) is 2. The Bertz CT molecular complexity index is 529. The summed E-state index contributed by atoms with van der Waals surface area (Å²) in [6.45, 7) is 2.09. The maximum atomic E-state index is 11.9. The van der Waals surface area contributed by atoms with Gasteiger partial charge >= 0.3 is 0 Å². The van der Waals surface area contributed by atoms with E-state index in [0.29, 0.717) is 24.3 Å². The molecule has 1 aliphatic rings. The minimum absolute atomic E-state index is 0.0566. The zero-order valence-corrected chi connectivity index (χ0v) is 11.7. The smallest absolute Gasteiger partial charge is 0.273 e. The molecule has 1 aliphatic heterocycles. The maximum absolute atomic E-state index is 11.9. The molecule has 0 aliphatic carbocycles. The van der Waals surface area contributed by atoms with E-state index in [-0.39, 0.29) is 11.6 Å². The third-order valence-electron chi connectivity index (χ3n) is 3.42. The molecule has 8 heteroatoms. The van der Waals surface area contributed by atoms with Crippen LogP contribution in [0.2, 0.25) is 0 Å². The molecule has 1 aromatic carbocycles. The second kappa shape index (κ2) is 6.89. The number of rotatable bonds is 6. The molecule has 114 valence electrons. The number of non-ortho nitro benzene ring substituents is 1. The summed E-state index contributed by atoms with van der Waals surface area (Å²) in [4.78, 5) is 24.1. The summed E-state index contributed by atoms with van der Waals surface area (Å²) in [6.07, 6.45) is 2.50. The van der Waals surface area contributed by atoms with Crippen molar-refractivity contribution >= 4 is 23.0 Å². The van der Waals surface area contributed by atoms with Crippen molar-refractivity contribution in [2.24, 2.45) is 5.84 Å². The van der Waals surface area contributed by atoms with Crippen LogP contribution in [-0.2, 0) is 4.79 Å². The molecule has 8 nitrogen and oxygen atoms in total. The lowest BCUT2D eigenvalue weighted by molar-refractivity contribution is -0.384. The lowest BCUT2D eigenvalue weighted by Crippen LogP contribution is -2.29. The van der Waals surface area contributed by atoms with Crippen LogP contribution < -0.4 is 16.6 Å². The molecule has 1 heterocycles. The van der Waals surface area contributed by atoms with E-state index in [1.165, 1.54) is 12.1 Å². The van der Waals surface area contributed by atoms with Crippen LogP contribution in [-0.4, -0.2) is 35.4 Å². The summed E-state index contributed by atoms with van der Waals surface area (Å²) in [7, 11) is 0. The Morgan fingerprint density at radius 2 is 1.95 bits per heavy atom. The fourth-order valence-electron chi connectivity index (χ4n) is 2.34. The Labute approximate surface area is 122 Å². The van der Waals surface area contributed by atoms with Crippen LogP contribution in [0.15, 0.2) is 18.2 Å². The molecule has 0 atom stereocenters. The van der Waals surface area contributed by atoms with Gasteiger partial charge < -0.3 is 15.6 Å². The van der Waals surface area contributed by atoms with E-state index in [2.05, 4.69) is 10.7 Å². The molecule has 0 radical (unpaired) electrons. The Kier molecular flexibility index (Phi) is 4.94. The second-order valence-electron chi connectivity index (χ2n) is 4.93. The average molecular weight is 293 g/mol. The molecule has 0 spiro atoms. The quantitative estimate of drug-likeness (QED) is 0.414. The SMILES string of the molecule is NNc1cc(NCCC(=O)N2CCCC2)cc([N+](=O)[O-])c1. The highest BCUT2D eigenvalue weighted by Gasteiger charge is 2.17. The van der Waals surface area contributed by atoms with Crippen LogP contribution in [0, 0.1) is 10.1 Å². The van der Waals surface area contributed by atoms with Crippen LogP contribution in [0.5, 0.6) is 0 Å². The Morgan fingerprint density at radius 3 is 2.57 bits per heavy atom. The minimum atomic E-state index is -0.485. The molecule has 1 amide bonds. The molecule has 0 unspecified atom stereocenters. The standard InChI is InChI=1S/C13H19N5O3/c14-16-11-7-10(8-12(9-11)18(20)21)15-4-3-13(19)17-5-1-2-6-17/h7-9,15-16H,1-6,14H2. The van der Waals surface area contributed by atoms with Gasteiger partial charge in [-0.15, -0.1) is 0 Å².